The molecule has 1 aliphatic heterocycles. The highest BCUT2D eigenvalue weighted by atomic mass is 32.2. The SMILES string of the molecule is CS(=O)(=O)c1c(-c2ccccc2)ccc(N2CCCC(c3ccccc3S(N)(=O)=O)C2=O)c1F. The molecule has 4 rings (SSSR count). The maximum atomic E-state index is 15.8. The average Bonchev–Trinajstić information content (AvgIpc) is 2.78. The Balaban J connectivity index is 1.83. The second-order valence-electron chi connectivity index (χ2n) is 8.18. The smallest absolute Gasteiger partial charge is 0.238 e. The molecule has 1 unspecified atom stereocenters. The van der Waals surface area contributed by atoms with Crippen LogP contribution >= 0.6 is 0 Å². The van der Waals surface area contributed by atoms with Gasteiger partial charge in [0, 0.05) is 18.4 Å². The summed E-state index contributed by atoms with van der Waals surface area (Å²) in [6.07, 6.45) is 1.73. The second kappa shape index (κ2) is 8.94. The van der Waals surface area contributed by atoms with E-state index in [1.165, 1.54) is 35.2 Å². The Kier molecular flexibility index (Phi) is 6.32. The van der Waals surface area contributed by atoms with Gasteiger partial charge in [-0.05, 0) is 36.1 Å². The van der Waals surface area contributed by atoms with Gasteiger partial charge in [-0.1, -0.05) is 54.6 Å². The molecule has 0 aromatic heterocycles. The summed E-state index contributed by atoms with van der Waals surface area (Å²) in [4.78, 5) is 14.0. The summed E-state index contributed by atoms with van der Waals surface area (Å²) in [6.45, 7) is 0.164. The summed E-state index contributed by atoms with van der Waals surface area (Å²) < 4.78 is 65.1. The number of hydrogen-bond donors (Lipinski definition) is 1. The molecule has 0 bridgehead atoms. The Bertz CT molecular complexity index is 1470. The van der Waals surface area contributed by atoms with E-state index in [-0.39, 0.29) is 28.3 Å². The van der Waals surface area contributed by atoms with Crippen molar-refractivity contribution in [3.8, 4) is 11.1 Å². The fourth-order valence-corrected chi connectivity index (χ4v) is 6.21. The highest BCUT2D eigenvalue weighted by Gasteiger charge is 2.36. The number of hydrogen-bond acceptors (Lipinski definition) is 5. The van der Waals surface area contributed by atoms with Crippen LogP contribution in [0.3, 0.4) is 0 Å². The van der Waals surface area contributed by atoms with Gasteiger partial charge < -0.3 is 4.90 Å². The summed E-state index contributed by atoms with van der Waals surface area (Å²) in [7, 11) is -8.07. The van der Waals surface area contributed by atoms with Crippen molar-refractivity contribution in [1.82, 2.24) is 0 Å². The molecule has 0 radical (unpaired) electrons. The van der Waals surface area contributed by atoms with E-state index in [4.69, 9.17) is 5.14 Å². The van der Waals surface area contributed by atoms with Gasteiger partial charge in [0.25, 0.3) is 0 Å². The number of amides is 1. The number of rotatable bonds is 5. The van der Waals surface area contributed by atoms with E-state index in [1.807, 2.05) is 0 Å². The van der Waals surface area contributed by atoms with E-state index in [9.17, 15) is 21.6 Å². The lowest BCUT2D eigenvalue weighted by atomic mass is 9.89. The average molecular weight is 503 g/mol. The van der Waals surface area contributed by atoms with Crippen LogP contribution in [0, 0.1) is 5.82 Å². The van der Waals surface area contributed by atoms with Crippen molar-refractivity contribution in [2.24, 2.45) is 5.14 Å². The molecule has 3 aromatic carbocycles. The second-order valence-corrected chi connectivity index (χ2v) is 11.7. The number of sulfonamides is 1. The third-order valence-electron chi connectivity index (χ3n) is 5.86. The van der Waals surface area contributed by atoms with Crippen molar-refractivity contribution < 1.29 is 26.0 Å². The van der Waals surface area contributed by atoms with Crippen LogP contribution in [0.5, 0.6) is 0 Å². The lowest BCUT2D eigenvalue weighted by Gasteiger charge is -2.33. The van der Waals surface area contributed by atoms with Crippen LogP contribution in [-0.4, -0.2) is 35.5 Å². The number of anilines is 1. The van der Waals surface area contributed by atoms with Crippen LogP contribution in [0.2, 0.25) is 0 Å². The number of benzene rings is 3. The zero-order chi connectivity index (χ0) is 24.7. The topological polar surface area (TPSA) is 115 Å². The predicted molar refractivity (Wildman–Crippen MR) is 127 cm³/mol. The van der Waals surface area contributed by atoms with E-state index in [0.717, 1.165) is 6.26 Å². The Morgan fingerprint density at radius 2 is 1.59 bits per heavy atom. The lowest BCUT2D eigenvalue weighted by Crippen LogP contribution is -2.41. The molecule has 3 aromatic rings. The third-order valence-corrected chi connectivity index (χ3v) is 7.99. The molecule has 1 fully saturated rings. The fraction of sp³-hybridized carbons (Fsp3) is 0.208. The Labute approximate surface area is 198 Å². The minimum Gasteiger partial charge on any atom is -0.309 e. The van der Waals surface area contributed by atoms with Crippen molar-refractivity contribution in [2.75, 3.05) is 17.7 Å². The Morgan fingerprint density at radius 1 is 0.941 bits per heavy atom. The molecular weight excluding hydrogens is 479 g/mol. The quantitative estimate of drug-likeness (QED) is 0.574. The van der Waals surface area contributed by atoms with Crippen LogP contribution in [0.15, 0.2) is 76.5 Å². The van der Waals surface area contributed by atoms with E-state index in [0.29, 0.717) is 18.4 Å². The van der Waals surface area contributed by atoms with Crippen molar-refractivity contribution >= 4 is 31.5 Å². The minimum absolute atomic E-state index is 0.160. The molecule has 0 saturated carbocycles. The third kappa shape index (κ3) is 4.48. The zero-order valence-electron chi connectivity index (χ0n) is 18.3. The molecular formula is C24H23FN2O5S2. The number of carbonyl (C=O) groups is 1. The predicted octanol–water partition coefficient (Wildman–Crippen LogP) is 3.45. The van der Waals surface area contributed by atoms with Gasteiger partial charge in [0.1, 0.15) is 4.90 Å². The van der Waals surface area contributed by atoms with Crippen LogP contribution in [0.4, 0.5) is 10.1 Å². The van der Waals surface area contributed by atoms with Crippen LogP contribution in [0.25, 0.3) is 11.1 Å². The number of nitrogens with two attached hydrogens (primary N) is 1. The summed E-state index contributed by atoms with van der Waals surface area (Å²) in [5.74, 6) is -2.40. The van der Waals surface area contributed by atoms with Crippen molar-refractivity contribution in [1.29, 1.82) is 0 Å². The van der Waals surface area contributed by atoms with Crippen LogP contribution < -0.4 is 10.0 Å². The first-order chi connectivity index (χ1) is 16.0. The number of halogens is 1. The Morgan fingerprint density at radius 3 is 2.24 bits per heavy atom. The van der Waals surface area contributed by atoms with Gasteiger partial charge >= 0.3 is 0 Å². The molecule has 1 aliphatic rings. The lowest BCUT2D eigenvalue weighted by molar-refractivity contribution is -0.121. The molecule has 1 amide bonds. The number of sulfone groups is 1. The maximum Gasteiger partial charge on any atom is 0.238 e. The van der Waals surface area contributed by atoms with Gasteiger partial charge in [-0.15, -0.1) is 0 Å². The first kappa shape index (κ1) is 24.1. The molecule has 0 spiro atoms. The summed E-state index contributed by atoms with van der Waals surface area (Å²) in [5, 5.41) is 5.34. The summed E-state index contributed by atoms with van der Waals surface area (Å²) in [6, 6.07) is 17.4. The monoisotopic (exact) mass is 502 g/mol. The number of piperidine rings is 1. The van der Waals surface area contributed by atoms with Crippen LogP contribution in [0.1, 0.15) is 24.3 Å². The van der Waals surface area contributed by atoms with Gasteiger partial charge in [-0.2, -0.15) is 0 Å². The molecule has 1 atom stereocenters. The fourth-order valence-electron chi connectivity index (χ4n) is 4.39. The molecule has 178 valence electrons. The van der Waals surface area contributed by atoms with Crippen LogP contribution in [-0.2, 0) is 24.7 Å². The van der Waals surface area contributed by atoms with Crippen molar-refractivity contribution in [3.05, 3.63) is 78.1 Å². The van der Waals surface area contributed by atoms with Gasteiger partial charge in [0.15, 0.2) is 15.7 Å². The normalized spacial score (nSPS) is 17.1. The molecule has 7 nitrogen and oxygen atoms in total. The van der Waals surface area contributed by atoms with E-state index in [1.54, 1.807) is 36.4 Å². The molecule has 10 heteroatoms. The van der Waals surface area contributed by atoms with E-state index >= 15 is 4.39 Å². The number of primary sulfonamides is 1. The minimum atomic E-state index is -4.08. The van der Waals surface area contributed by atoms with Crippen molar-refractivity contribution in [2.45, 2.75) is 28.6 Å². The summed E-state index contributed by atoms with van der Waals surface area (Å²) in [5.41, 5.74) is 0.801. The highest BCUT2D eigenvalue weighted by molar-refractivity contribution is 7.91. The first-order valence-electron chi connectivity index (χ1n) is 10.5. The highest BCUT2D eigenvalue weighted by Crippen LogP contribution is 2.39. The standard InChI is InChI=1S/C24H23FN2O5S2/c1-33(29,30)23-17(16-8-3-2-4-9-16)13-14-20(22(23)25)27-15-7-11-19(24(27)28)18-10-5-6-12-21(18)34(26,31)32/h2-6,8-10,12-14,19H,7,11,15H2,1H3,(H2,26,31,32). The summed E-state index contributed by atoms with van der Waals surface area (Å²) >= 11 is 0. The molecule has 1 saturated heterocycles. The van der Waals surface area contributed by atoms with Gasteiger partial charge in [0.2, 0.25) is 15.9 Å². The van der Waals surface area contributed by atoms with Gasteiger partial charge in [0.05, 0.1) is 16.5 Å². The maximum absolute atomic E-state index is 15.8. The molecule has 2 N–H and O–H groups in total. The Hall–Kier alpha value is -3.08. The first-order valence-corrected chi connectivity index (χ1v) is 13.9. The number of carbonyl (C=O) groups excluding carboxylic acids is 1. The van der Waals surface area contributed by atoms with Gasteiger partial charge in [-0.25, -0.2) is 26.4 Å². The molecule has 34 heavy (non-hydrogen) atoms. The van der Waals surface area contributed by atoms with E-state index < -0.39 is 42.4 Å². The molecule has 1 heterocycles. The number of nitrogens with zero attached hydrogens (tertiary/aromatic N) is 1. The van der Waals surface area contributed by atoms with Gasteiger partial charge in [-0.3, -0.25) is 4.79 Å². The zero-order valence-corrected chi connectivity index (χ0v) is 19.9. The molecule has 0 aliphatic carbocycles. The van der Waals surface area contributed by atoms with Crippen molar-refractivity contribution in [3.63, 3.8) is 0 Å². The van der Waals surface area contributed by atoms with E-state index in [2.05, 4.69) is 0 Å². The largest absolute Gasteiger partial charge is 0.309 e.